The lowest BCUT2D eigenvalue weighted by molar-refractivity contribution is 0.357. The van der Waals surface area contributed by atoms with Crippen LogP contribution in [-0.2, 0) is 6.54 Å². The van der Waals surface area contributed by atoms with Crippen molar-refractivity contribution in [3.8, 4) is 5.75 Å². The molecule has 17 heavy (non-hydrogen) atoms. The van der Waals surface area contributed by atoms with E-state index >= 15 is 0 Å². The Morgan fingerprint density at radius 2 is 2.24 bits per heavy atom. The van der Waals surface area contributed by atoms with E-state index in [4.69, 9.17) is 16.3 Å². The molecule has 0 amide bonds. The van der Waals surface area contributed by atoms with Crippen molar-refractivity contribution in [2.45, 2.75) is 20.4 Å². The Bertz CT molecular complexity index is 363. The van der Waals surface area contributed by atoms with Crippen LogP contribution in [0.25, 0.3) is 0 Å². The zero-order chi connectivity index (χ0) is 12.7. The zero-order valence-electron chi connectivity index (χ0n) is 10.5. The van der Waals surface area contributed by atoms with Crippen LogP contribution in [0.1, 0.15) is 19.4 Å². The lowest BCUT2D eigenvalue weighted by Crippen LogP contribution is -2.19. The molecule has 3 heteroatoms. The lowest BCUT2D eigenvalue weighted by Gasteiger charge is -2.12. The SMILES string of the molecule is C=CCOc1ccc(Cl)cc1CNCC(C)C. The van der Waals surface area contributed by atoms with Gasteiger partial charge in [0.1, 0.15) is 12.4 Å². The molecule has 0 saturated carbocycles. The number of ether oxygens (including phenoxy) is 1. The van der Waals surface area contributed by atoms with Crippen LogP contribution in [0, 0.1) is 5.92 Å². The van der Waals surface area contributed by atoms with E-state index in [9.17, 15) is 0 Å². The van der Waals surface area contributed by atoms with Gasteiger partial charge in [0.05, 0.1) is 0 Å². The van der Waals surface area contributed by atoms with Crippen molar-refractivity contribution in [1.82, 2.24) is 5.32 Å². The average molecular weight is 254 g/mol. The minimum atomic E-state index is 0.513. The van der Waals surface area contributed by atoms with Gasteiger partial charge < -0.3 is 10.1 Å². The molecule has 1 aromatic rings. The summed E-state index contributed by atoms with van der Waals surface area (Å²) >= 11 is 5.99. The summed E-state index contributed by atoms with van der Waals surface area (Å²) in [5.41, 5.74) is 1.08. The number of benzene rings is 1. The molecule has 0 bridgehead atoms. The second-order valence-corrected chi connectivity index (χ2v) is 4.81. The summed E-state index contributed by atoms with van der Waals surface area (Å²) in [7, 11) is 0. The highest BCUT2D eigenvalue weighted by atomic mass is 35.5. The van der Waals surface area contributed by atoms with E-state index < -0.39 is 0 Å². The van der Waals surface area contributed by atoms with Crippen molar-refractivity contribution in [2.24, 2.45) is 5.92 Å². The van der Waals surface area contributed by atoms with Gasteiger partial charge in [-0.2, -0.15) is 0 Å². The first kappa shape index (κ1) is 14.1. The van der Waals surface area contributed by atoms with Crippen molar-refractivity contribution < 1.29 is 4.74 Å². The van der Waals surface area contributed by atoms with Crippen LogP contribution in [0.2, 0.25) is 5.02 Å². The molecule has 0 aliphatic rings. The molecule has 0 atom stereocenters. The molecule has 1 rings (SSSR count). The first-order valence-electron chi connectivity index (χ1n) is 5.86. The molecule has 0 saturated heterocycles. The third-order valence-electron chi connectivity index (χ3n) is 2.25. The number of hydrogen-bond acceptors (Lipinski definition) is 2. The largest absolute Gasteiger partial charge is 0.489 e. The predicted molar refractivity (Wildman–Crippen MR) is 73.7 cm³/mol. The van der Waals surface area contributed by atoms with Crippen LogP contribution < -0.4 is 10.1 Å². The summed E-state index contributed by atoms with van der Waals surface area (Å²) in [6.07, 6.45) is 1.74. The monoisotopic (exact) mass is 253 g/mol. The molecule has 0 spiro atoms. The van der Waals surface area contributed by atoms with E-state index in [0.717, 1.165) is 29.4 Å². The summed E-state index contributed by atoms with van der Waals surface area (Å²) in [6.45, 7) is 10.3. The fourth-order valence-electron chi connectivity index (χ4n) is 1.47. The second kappa shape index (κ2) is 7.36. The van der Waals surface area contributed by atoms with Crippen LogP contribution in [0.4, 0.5) is 0 Å². The quantitative estimate of drug-likeness (QED) is 0.749. The third-order valence-corrected chi connectivity index (χ3v) is 2.48. The average Bonchev–Trinajstić information content (AvgIpc) is 2.27. The van der Waals surface area contributed by atoms with E-state index in [0.29, 0.717) is 12.5 Å². The van der Waals surface area contributed by atoms with Crippen LogP contribution in [0.5, 0.6) is 5.75 Å². The Balaban J connectivity index is 2.65. The van der Waals surface area contributed by atoms with Crippen molar-refractivity contribution >= 4 is 11.6 Å². The van der Waals surface area contributed by atoms with Crippen LogP contribution in [0.15, 0.2) is 30.9 Å². The Hall–Kier alpha value is -0.990. The highest BCUT2D eigenvalue weighted by molar-refractivity contribution is 6.30. The van der Waals surface area contributed by atoms with Gasteiger partial charge in [-0.3, -0.25) is 0 Å². The summed E-state index contributed by atoms with van der Waals surface area (Å²) < 4.78 is 5.58. The minimum absolute atomic E-state index is 0.513. The molecule has 0 aliphatic heterocycles. The van der Waals surface area contributed by atoms with Gasteiger partial charge >= 0.3 is 0 Å². The molecular weight excluding hydrogens is 234 g/mol. The van der Waals surface area contributed by atoms with E-state index in [1.54, 1.807) is 6.08 Å². The topological polar surface area (TPSA) is 21.3 Å². The molecule has 0 radical (unpaired) electrons. The maximum absolute atomic E-state index is 5.99. The molecule has 0 aliphatic carbocycles. The summed E-state index contributed by atoms with van der Waals surface area (Å²) in [6, 6.07) is 5.68. The maximum atomic E-state index is 5.99. The summed E-state index contributed by atoms with van der Waals surface area (Å²) in [5, 5.41) is 4.11. The van der Waals surface area contributed by atoms with Crippen molar-refractivity contribution in [3.05, 3.63) is 41.4 Å². The highest BCUT2D eigenvalue weighted by Gasteiger charge is 2.04. The number of rotatable bonds is 7. The van der Waals surface area contributed by atoms with E-state index in [1.807, 2.05) is 18.2 Å². The van der Waals surface area contributed by atoms with Gasteiger partial charge in [-0.1, -0.05) is 38.1 Å². The highest BCUT2D eigenvalue weighted by Crippen LogP contribution is 2.22. The zero-order valence-corrected chi connectivity index (χ0v) is 11.3. The molecule has 0 fully saturated rings. The van der Waals surface area contributed by atoms with Gasteiger partial charge in [0.15, 0.2) is 0 Å². The molecule has 1 N–H and O–H groups in total. The smallest absolute Gasteiger partial charge is 0.124 e. The summed E-state index contributed by atoms with van der Waals surface area (Å²) in [5.74, 6) is 1.50. The number of nitrogens with one attached hydrogen (secondary N) is 1. The first-order chi connectivity index (χ1) is 8.13. The molecule has 1 aromatic carbocycles. The van der Waals surface area contributed by atoms with Gasteiger partial charge in [-0.05, 0) is 30.7 Å². The van der Waals surface area contributed by atoms with Crippen molar-refractivity contribution in [1.29, 1.82) is 0 Å². The fourth-order valence-corrected chi connectivity index (χ4v) is 1.67. The van der Waals surface area contributed by atoms with E-state index in [-0.39, 0.29) is 0 Å². The molecular formula is C14H20ClNO. The minimum Gasteiger partial charge on any atom is -0.489 e. The van der Waals surface area contributed by atoms with E-state index in [2.05, 4.69) is 25.7 Å². The lowest BCUT2D eigenvalue weighted by atomic mass is 10.2. The molecule has 2 nitrogen and oxygen atoms in total. The second-order valence-electron chi connectivity index (χ2n) is 4.38. The molecule has 94 valence electrons. The molecule has 0 aromatic heterocycles. The van der Waals surface area contributed by atoms with Crippen molar-refractivity contribution in [3.63, 3.8) is 0 Å². The fraction of sp³-hybridized carbons (Fsp3) is 0.429. The first-order valence-corrected chi connectivity index (χ1v) is 6.24. The Morgan fingerprint density at radius 1 is 1.47 bits per heavy atom. The van der Waals surface area contributed by atoms with Crippen molar-refractivity contribution in [2.75, 3.05) is 13.2 Å². The Kier molecular flexibility index (Phi) is 6.09. The van der Waals surface area contributed by atoms with Crippen LogP contribution >= 0.6 is 11.6 Å². The predicted octanol–water partition coefficient (Wildman–Crippen LogP) is 3.65. The normalized spacial score (nSPS) is 10.6. The Morgan fingerprint density at radius 3 is 2.88 bits per heavy atom. The van der Waals surface area contributed by atoms with Gasteiger partial charge in [-0.25, -0.2) is 0 Å². The third kappa shape index (κ3) is 5.24. The van der Waals surface area contributed by atoms with Gasteiger partial charge in [0.2, 0.25) is 0 Å². The maximum Gasteiger partial charge on any atom is 0.124 e. The number of hydrogen-bond donors (Lipinski definition) is 1. The number of halogens is 1. The van der Waals surface area contributed by atoms with Crippen LogP contribution in [-0.4, -0.2) is 13.2 Å². The Labute approximate surface area is 109 Å². The van der Waals surface area contributed by atoms with Gasteiger partial charge in [0.25, 0.3) is 0 Å². The summed E-state index contributed by atoms with van der Waals surface area (Å²) in [4.78, 5) is 0. The molecule has 0 unspecified atom stereocenters. The standard InChI is InChI=1S/C14H20ClNO/c1-4-7-17-14-6-5-13(15)8-12(14)10-16-9-11(2)3/h4-6,8,11,16H,1,7,9-10H2,2-3H3. The van der Waals surface area contributed by atoms with E-state index in [1.165, 1.54) is 0 Å². The van der Waals surface area contributed by atoms with Crippen LogP contribution in [0.3, 0.4) is 0 Å². The van der Waals surface area contributed by atoms with Gasteiger partial charge in [-0.15, -0.1) is 0 Å². The van der Waals surface area contributed by atoms with Gasteiger partial charge in [0, 0.05) is 17.1 Å². The molecule has 0 heterocycles.